The Labute approximate surface area is 154 Å². The SMILES string of the molecule is Fc1cc(Oc2ccccc2)ccc1-c1ccn(C[C@@H]2CC(F)(F)CN2)n1. The van der Waals surface area contributed by atoms with Crippen molar-refractivity contribution in [3.63, 3.8) is 0 Å². The number of aromatic nitrogens is 2. The number of benzene rings is 2. The van der Waals surface area contributed by atoms with Gasteiger partial charge in [0.2, 0.25) is 0 Å². The lowest BCUT2D eigenvalue weighted by atomic mass is 10.1. The molecule has 1 saturated heterocycles. The van der Waals surface area contributed by atoms with Crippen LogP contribution in [0.25, 0.3) is 11.3 Å². The molecular formula is C20H18F3N3O. The number of ether oxygens (including phenoxy) is 1. The van der Waals surface area contributed by atoms with Gasteiger partial charge in [0.05, 0.1) is 18.8 Å². The van der Waals surface area contributed by atoms with Gasteiger partial charge in [-0.1, -0.05) is 18.2 Å². The molecule has 0 unspecified atom stereocenters. The van der Waals surface area contributed by atoms with Crippen molar-refractivity contribution >= 4 is 0 Å². The third-order valence-electron chi connectivity index (χ3n) is 4.44. The fourth-order valence-electron chi connectivity index (χ4n) is 3.15. The fraction of sp³-hybridized carbons (Fsp3) is 0.250. The van der Waals surface area contributed by atoms with Crippen LogP contribution in [0.5, 0.6) is 11.5 Å². The van der Waals surface area contributed by atoms with E-state index in [1.807, 2.05) is 18.2 Å². The third kappa shape index (κ3) is 4.14. The quantitative estimate of drug-likeness (QED) is 0.717. The van der Waals surface area contributed by atoms with Gasteiger partial charge < -0.3 is 10.1 Å². The van der Waals surface area contributed by atoms with Crippen molar-refractivity contribution in [1.29, 1.82) is 0 Å². The zero-order valence-electron chi connectivity index (χ0n) is 14.4. The molecule has 1 N–H and O–H groups in total. The molecular weight excluding hydrogens is 355 g/mol. The van der Waals surface area contributed by atoms with Crippen LogP contribution in [-0.4, -0.2) is 28.3 Å². The number of halogens is 3. The maximum atomic E-state index is 14.5. The molecule has 27 heavy (non-hydrogen) atoms. The van der Waals surface area contributed by atoms with E-state index in [-0.39, 0.29) is 19.0 Å². The van der Waals surface area contributed by atoms with Crippen LogP contribution in [0.1, 0.15) is 6.42 Å². The van der Waals surface area contributed by atoms with Crippen LogP contribution in [0, 0.1) is 5.82 Å². The van der Waals surface area contributed by atoms with Crippen LogP contribution in [-0.2, 0) is 6.54 Å². The first-order chi connectivity index (χ1) is 13.0. The lowest BCUT2D eigenvalue weighted by Gasteiger charge is -2.10. The van der Waals surface area contributed by atoms with Gasteiger partial charge in [0.1, 0.15) is 17.3 Å². The summed E-state index contributed by atoms with van der Waals surface area (Å²) in [5, 5.41) is 7.10. The molecule has 3 aromatic rings. The van der Waals surface area contributed by atoms with E-state index in [0.717, 1.165) is 0 Å². The van der Waals surface area contributed by atoms with Crippen molar-refractivity contribution in [3.8, 4) is 22.8 Å². The van der Waals surface area contributed by atoms with Crippen LogP contribution >= 0.6 is 0 Å². The van der Waals surface area contributed by atoms with E-state index in [0.29, 0.717) is 29.3 Å². The summed E-state index contributed by atoms with van der Waals surface area (Å²) in [6.07, 6.45) is 1.45. The Morgan fingerprint density at radius 2 is 1.93 bits per heavy atom. The normalized spacial score (nSPS) is 18.6. The van der Waals surface area contributed by atoms with Crippen LogP contribution < -0.4 is 10.1 Å². The van der Waals surface area contributed by atoms with Gasteiger partial charge in [-0.2, -0.15) is 5.10 Å². The Morgan fingerprint density at radius 3 is 2.63 bits per heavy atom. The van der Waals surface area contributed by atoms with E-state index >= 15 is 0 Å². The Balaban J connectivity index is 1.47. The standard InChI is InChI=1S/C20H18F3N3O/c21-18-10-16(27-15-4-2-1-3-5-15)6-7-17(18)19-8-9-26(25-19)12-14-11-20(22,23)13-24-14/h1-10,14,24H,11-13H2/t14-/m0/s1. The van der Waals surface area contributed by atoms with E-state index in [2.05, 4.69) is 10.4 Å². The first kappa shape index (κ1) is 17.6. The smallest absolute Gasteiger partial charge is 0.261 e. The highest BCUT2D eigenvalue weighted by Gasteiger charge is 2.39. The van der Waals surface area contributed by atoms with E-state index in [9.17, 15) is 13.2 Å². The number of alkyl halides is 2. The van der Waals surface area contributed by atoms with Crippen LogP contribution in [0.15, 0.2) is 60.8 Å². The molecule has 1 aliphatic heterocycles. The molecule has 0 saturated carbocycles. The monoisotopic (exact) mass is 373 g/mol. The summed E-state index contributed by atoms with van der Waals surface area (Å²) >= 11 is 0. The highest BCUT2D eigenvalue weighted by Crippen LogP contribution is 2.29. The minimum absolute atomic E-state index is 0.220. The number of nitrogens with one attached hydrogen (secondary N) is 1. The van der Waals surface area contributed by atoms with Crippen molar-refractivity contribution in [3.05, 3.63) is 66.6 Å². The van der Waals surface area contributed by atoms with Crippen LogP contribution in [0.4, 0.5) is 13.2 Å². The van der Waals surface area contributed by atoms with Crippen molar-refractivity contribution in [2.45, 2.75) is 24.9 Å². The summed E-state index contributed by atoms with van der Waals surface area (Å²) in [4.78, 5) is 0. The van der Waals surface area contributed by atoms with Crippen molar-refractivity contribution in [2.24, 2.45) is 0 Å². The number of para-hydroxylation sites is 1. The van der Waals surface area contributed by atoms with Gasteiger partial charge in [0, 0.05) is 30.3 Å². The van der Waals surface area contributed by atoms with E-state index in [1.165, 1.54) is 6.07 Å². The molecule has 1 aromatic heterocycles. The summed E-state index contributed by atoms with van der Waals surface area (Å²) in [7, 11) is 0. The molecule has 7 heteroatoms. The van der Waals surface area contributed by atoms with Gasteiger partial charge in [0.25, 0.3) is 5.92 Å². The molecule has 1 aliphatic rings. The van der Waals surface area contributed by atoms with E-state index in [1.54, 1.807) is 41.2 Å². The zero-order valence-corrected chi connectivity index (χ0v) is 14.4. The summed E-state index contributed by atoms with van der Waals surface area (Å²) in [6.45, 7) is -0.00426. The highest BCUT2D eigenvalue weighted by molar-refractivity contribution is 5.60. The molecule has 1 atom stereocenters. The predicted molar refractivity (Wildman–Crippen MR) is 95.5 cm³/mol. The predicted octanol–water partition coefficient (Wildman–Crippen LogP) is 4.48. The maximum Gasteiger partial charge on any atom is 0.261 e. The lowest BCUT2D eigenvalue weighted by Crippen LogP contribution is -2.27. The summed E-state index contributed by atoms with van der Waals surface area (Å²) in [6, 6.07) is 15.0. The van der Waals surface area contributed by atoms with E-state index < -0.39 is 11.7 Å². The minimum Gasteiger partial charge on any atom is -0.457 e. The molecule has 0 radical (unpaired) electrons. The number of nitrogens with zero attached hydrogens (tertiary/aromatic N) is 2. The minimum atomic E-state index is -2.68. The number of hydrogen-bond donors (Lipinski definition) is 1. The van der Waals surface area contributed by atoms with E-state index in [4.69, 9.17) is 4.74 Å². The molecule has 0 amide bonds. The van der Waals surface area contributed by atoms with Gasteiger partial charge in [0.15, 0.2) is 0 Å². The molecule has 0 aliphatic carbocycles. The Hall–Kier alpha value is -2.80. The lowest BCUT2D eigenvalue weighted by molar-refractivity contribution is 0.0205. The second kappa shape index (κ2) is 7.08. The summed E-state index contributed by atoms with van der Waals surface area (Å²) < 4.78 is 48.2. The van der Waals surface area contributed by atoms with Crippen LogP contribution in [0.3, 0.4) is 0 Å². The van der Waals surface area contributed by atoms with Gasteiger partial charge >= 0.3 is 0 Å². The maximum absolute atomic E-state index is 14.5. The molecule has 0 spiro atoms. The molecule has 2 aromatic carbocycles. The van der Waals surface area contributed by atoms with Gasteiger partial charge in [-0.15, -0.1) is 0 Å². The first-order valence-corrected chi connectivity index (χ1v) is 8.66. The Morgan fingerprint density at radius 1 is 1.11 bits per heavy atom. The van der Waals surface area contributed by atoms with Crippen molar-refractivity contribution in [1.82, 2.24) is 15.1 Å². The van der Waals surface area contributed by atoms with Gasteiger partial charge in [-0.3, -0.25) is 4.68 Å². The average molecular weight is 373 g/mol. The second-order valence-corrected chi connectivity index (χ2v) is 6.62. The number of hydrogen-bond acceptors (Lipinski definition) is 3. The molecule has 1 fully saturated rings. The second-order valence-electron chi connectivity index (χ2n) is 6.62. The number of rotatable bonds is 5. The summed E-state index contributed by atoms with van der Waals surface area (Å²) in [5.74, 6) is -2.13. The molecule has 4 rings (SSSR count). The average Bonchev–Trinajstić information content (AvgIpc) is 3.22. The Bertz CT molecular complexity index is 927. The molecule has 2 heterocycles. The van der Waals surface area contributed by atoms with Gasteiger partial charge in [-0.25, -0.2) is 13.2 Å². The molecule has 140 valence electrons. The third-order valence-corrected chi connectivity index (χ3v) is 4.44. The largest absolute Gasteiger partial charge is 0.457 e. The summed E-state index contributed by atoms with van der Waals surface area (Å²) in [5.41, 5.74) is 0.780. The first-order valence-electron chi connectivity index (χ1n) is 8.66. The molecule has 4 nitrogen and oxygen atoms in total. The molecule has 0 bridgehead atoms. The van der Waals surface area contributed by atoms with Crippen molar-refractivity contribution < 1.29 is 17.9 Å². The highest BCUT2D eigenvalue weighted by atomic mass is 19.3. The topological polar surface area (TPSA) is 39.1 Å². The Kier molecular flexibility index (Phi) is 4.61. The van der Waals surface area contributed by atoms with Crippen molar-refractivity contribution in [2.75, 3.05) is 6.54 Å². The van der Waals surface area contributed by atoms with Crippen LogP contribution in [0.2, 0.25) is 0 Å². The van der Waals surface area contributed by atoms with Gasteiger partial charge in [-0.05, 0) is 30.3 Å². The fourth-order valence-corrected chi connectivity index (χ4v) is 3.15. The zero-order chi connectivity index (χ0) is 18.9.